The van der Waals surface area contributed by atoms with Gasteiger partial charge in [-0.05, 0) is 23.6 Å². The lowest BCUT2D eigenvalue weighted by Crippen LogP contribution is -2.27. The van der Waals surface area contributed by atoms with E-state index in [0.717, 1.165) is 11.1 Å². The van der Waals surface area contributed by atoms with Gasteiger partial charge in [0.1, 0.15) is 0 Å². The normalized spacial score (nSPS) is 10.7. The summed E-state index contributed by atoms with van der Waals surface area (Å²) < 4.78 is 1.75. The molecule has 0 radical (unpaired) electrons. The van der Waals surface area contributed by atoms with Crippen LogP contribution in [0.25, 0.3) is 11.1 Å². The number of carbonyl (C=O) groups is 1. The number of nitrogens with zero attached hydrogens (tertiary/aromatic N) is 2. The molecule has 0 aliphatic heterocycles. The highest BCUT2D eigenvalue weighted by Crippen LogP contribution is 2.19. The molecule has 2 aromatic rings. The third kappa shape index (κ3) is 3.44. The number of hydrogen-bond acceptors (Lipinski definition) is 2. The fraction of sp³-hybridized carbons (Fsp3) is 0.333. The van der Waals surface area contributed by atoms with E-state index >= 15 is 0 Å². The highest BCUT2D eigenvalue weighted by atomic mass is 16.1. The molecule has 2 rings (SSSR count). The van der Waals surface area contributed by atoms with Crippen molar-refractivity contribution in [2.75, 3.05) is 6.54 Å². The molecule has 0 bridgehead atoms. The molecule has 100 valence electrons. The van der Waals surface area contributed by atoms with Crippen molar-refractivity contribution >= 4 is 5.91 Å². The van der Waals surface area contributed by atoms with Crippen molar-refractivity contribution in [3.63, 3.8) is 0 Å². The van der Waals surface area contributed by atoms with Gasteiger partial charge in [-0.15, -0.1) is 0 Å². The van der Waals surface area contributed by atoms with Gasteiger partial charge in [0.15, 0.2) is 0 Å². The molecule has 0 aliphatic rings. The molecule has 1 aromatic heterocycles. The predicted molar refractivity (Wildman–Crippen MR) is 75.8 cm³/mol. The number of rotatable bonds is 4. The summed E-state index contributed by atoms with van der Waals surface area (Å²) in [4.78, 5) is 12.0. The summed E-state index contributed by atoms with van der Waals surface area (Å²) in [6.07, 6.45) is 3.73. The first-order chi connectivity index (χ1) is 9.06. The van der Waals surface area contributed by atoms with E-state index in [-0.39, 0.29) is 5.91 Å². The molecule has 4 nitrogen and oxygen atoms in total. The van der Waals surface area contributed by atoms with Gasteiger partial charge >= 0.3 is 0 Å². The number of nitrogens with one attached hydrogen (secondary N) is 1. The van der Waals surface area contributed by atoms with Crippen LogP contribution >= 0.6 is 0 Å². The fourth-order valence-corrected chi connectivity index (χ4v) is 1.81. The minimum Gasteiger partial charge on any atom is -0.352 e. The van der Waals surface area contributed by atoms with Crippen molar-refractivity contribution in [3.8, 4) is 11.1 Å². The summed E-state index contributed by atoms with van der Waals surface area (Å²) in [6, 6.07) is 7.60. The number of carbonyl (C=O) groups excluding carboxylic acids is 1. The van der Waals surface area contributed by atoms with Crippen molar-refractivity contribution in [1.82, 2.24) is 15.1 Å². The Kier molecular flexibility index (Phi) is 4.00. The molecule has 0 spiro atoms. The van der Waals surface area contributed by atoms with E-state index in [1.807, 2.05) is 37.5 Å². The second-order valence-corrected chi connectivity index (χ2v) is 5.09. The Morgan fingerprint density at radius 2 is 2.16 bits per heavy atom. The predicted octanol–water partition coefficient (Wildman–Crippen LogP) is 2.47. The molecule has 1 N–H and O–H groups in total. The van der Waals surface area contributed by atoms with Crippen molar-refractivity contribution in [3.05, 3.63) is 42.2 Å². The van der Waals surface area contributed by atoms with Gasteiger partial charge in [-0.1, -0.05) is 26.0 Å². The molecule has 1 heterocycles. The third-order valence-corrected chi connectivity index (χ3v) is 2.83. The van der Waals surface area contributed by atoms with Crippen LogP contribution in [-0.2, 0) is 7.05 Å². The standard InChI is InChI=1S/C15H19N3O/c1-11(2)8-16-15(19)13-6-4-5-12(7-13)14-9-17-18(3)10-14/h4-7,9-11H,8H2,1-3H3,(H,16,19). The highest BCUT2D eigenvalue weighted by Gasteiger charge is 2.08. The lowest BCUT2D eigenvalue weighted by atomic mass is 10.1. The number of amides is 1. The van der Waals surface area contributed by atoms with Gasteiger partial charge in [-0.2, -0.15) is 5.10 Å². The van der Waals surface area contributed by atoms with Gasteiger partial charge < -0.3 is 5.32 Å². The lowest BCUT2D eigenvalue weighted by Gasteiger charge is -2.08. The largest absolute Gasteiger partial charge is 0.352 e. The lowest BCUT2D eigenvalue weighted by molar-refractivity contribution is 0.0949. The van der Waals surface area contributed by atoms with Gasteiger partial charge in [0.25, 0.3) is 5.91 Å². The molecule has 1 amide bonds. The van der Waals surface area contributed by atoms with Crippen LogP contribution in [-0.4, -0.2) is 22.2 Å². The van der Waals surface area contributed by atoms with E-state index in [1.54, 1.807) is 10.9 Å². The molecule has 1 aromatic carbocycles. The average molecular weight is 257 g/mol. The monoisotopic (exact) mass is 257 g/mol. The van der Waals surface area contributed by atoms with E-state index in [9.17, 15) is 4.79 Å². The molecule has 0 aliphatic carbocycles. The topological polar surface area (TPSA) is 46.9 Å². The van der Waals surface area contributed by atoms with Crippen LogP contribution in [0.3, 0.4) is 0 Å². The first-order valence-electron chi connectivity index (χ1n) is 6.43. The molecule has 0 atom stereocenters. The first-order valence-corrected chi connectivity index (χ1v) is 6.43. The Balaban J connectivity index is 2.17. The van der Waals surface area contributed by atoms with Crippen LogP contribution in [0.4, 0.5) is 0 Å². The third-order valence-electron chi connectivity index (χ3n) is 2.83. The van der Waals surface area contributed by atoms with E-state index in [2.05, 4.69) is 24.3 Å². The zero-order valence-corrected chi connectivity index (χ0v) is 11.6. The van der Waals surface area contributed by atoms with Crippen LogP contribution in [0.1, 0.15) is 24.2 Å². The smallest absolute Gasteiger partial charge is 0.251 e. The first kappa shape index (κ1) is 13.3. The van der Waals surface area contributed by atoms with Crippen LogP contribution in [0, 0.1) is 5.92 Å². The molecule has 19 heavy (non-hydrogen) atoms. The van der Waals surface area contributed by atoms with Gasteiger partial charge in [-0.25, -0.2) is 0 Å². The van der Waals surface area contributed by atoms with E-state index in [1.165, 1.54) is 0 Å². The SMILES string of the molecule is CC(C)CNC(=O)c1cccc(-c2cnn(C)c2)c1. The second-order valence-electron chi connectivity index (χ2n) is 5.09. The summed E-state index contributed by atoms with van der Waals surface area (Å²) in [5.74, 6) is 0.421. The zero-order valence-electron chi connectivity index (χ0n) is 11.6. The van der Waals surface area contributed by atoms with Crippen LogP contribution in [0.5, 0.6) is 0 Å². The van der Waals surface area contributed by atoms with Crippen LogP contribution in [0.2, 0.25) is 0 Å². The second kappa shape index (κ2) is 5.69. The van der Waals surface area contributed by atoms with Crippen LogP contribution < -0.4 is 5.32 Å². The maximum absolute atomic E-state index is 12.0. The highest BCUT2D eigenvalue weighted by molar-refractivity contribution is 5.95. The summed E-state index contributed by atoms with van der Waals surface area (Å²) in [6.45, 7) is 4.84. The Hall–Kier alpha value is -2.10. The molecule has 0 saturated heterocycles. The maximum Gasteiger partial charge on any atom is 0.251 e. The molecule has 0 unspecified atom stereocenters. The molecule has 4 heteroatoms. The maximum atomic E-state index is 12.0. The number of aromatic nitrogens is 2. The van der Waals surface area contributed by atoms with Crippen LogP contribution in [0.15, 0.2) is 36.7 Å². The average Bonchev–Trinajstić information content (AvgIpc) is 2.83. The molecular formula is C15H19N3O. The summed E-state index contributed by atoms with van der Waals surface area (Å²) in [5, 5.41) is 7.07. The minimum absolute atomic E-state index is 0.0283. The van der Waals surface area contributed by atoms with Gasteiger partial charge in [0.05, 0.1) is 6.20 Å². The summed E-state index contributed by atoms with van der Waals surface area (Å²) >= 11 is 0. The Morgan fingerprint density at radius 1 is 1.37 bits per heavy atom. The zero-order chi connectivity index (χ0) is 13.8. The quantitative estimate of drug-likeness (QED) is 0.914. The van der Waals surface area contributed by atoms with Gasteiger partial charge in [0.2, 0.25) is 0 Å². The van der Waals surface area contributed by atoms with E-state index < -0.39 is 0 Å². The summed E-state index contributed by atoms with van der Waals surface area (Å²) in [5.41, 5.74) is 2.70. The van der Waals surface area contributed by atoms with E-state index in [4.69, 9.17) is 0 Å². The Morgan fingerprint density at radius 3 is 2.79 bits per heavy atom. The Labute approximate surface area is 113 Å². The van der Waals surface area contributed by atoms with Crippen molar-refractivity contribution in [1.29, 1.82) is 0 Å². The molecular weight excluding hydrogens is 238 g/mol. The van der Waals surface area contributed by atoms with Crippen molar-refractivity contribution in [2.45, 2.75) is 13.8 Å². The summed E-state index contributed by atoms with van der Waals surface area (Å²) in [7, 11) is 1.88. The fourth-order valence-electron chi connectivity index (χ4n) is 1.81. The number of benzene rings is 1. The Bertz CT molecular complexity index is 572. The van der Waals surface area contributed by atoms with Crippen molar-refractivity contribution in [2.24, 2.45) is 13.0 Å². The van der Waals surface area contributed by atoms with Gasteiger partial charge in [0, 0.05) is 30.9 Å². The van der Waals surface area contributed by atoms with E-state index in [0.29, 0.717) is 18.0 Å². The minimum atomic E-state index is -0.0283. The molecule has 0 fully saturated rings. The molecule has 0 saturated carbocycles. The number of hydrogen-bond donors (Lipinski definition) is 1. The number of aryl methyl sites for hydroxylation is 1. The van der Waals surface area contributed by atoms with Gasteiger partial charge in [-0.3, -0.25) is 9.48 Å². The van der Waals surface area contributed by atoms with Crippen molar-refractivity contribution < 1.29 is 4.79 Å².